The first-order valence-electron chi connectivity index (χ1n) is 5.48. The van der Waals surface area contributed by atoms with E-state index in [1.165, 1.54) is 11.1 Å². The van der Waals surface area contributed by atoms with E-state index < -0.39 is 0 Å². The van der Waals surface area contributed by atoms with Gasteiger partial charge in [0.1, 0.15) is 0 Å². The Morgan fingerprint density at radius 1 is 1.31 bits per heavy atom. The molecule has 1 fully saturated rings. The molecule has 0 aromatic heterocycles. The molecule has 1 aliphatic rings. The first-order valence-corrected chi connectivity index (χ1v) is 5.48. The molecule has 1 aromatic carbocycles. The number of hydrogen-bond acceptors (Lipinski definition) is 2. The summed E-state index contributed by atoms with van der Waals surface area (Å²) in [6, 6.07) is 8.45. The van der Waals surface area contributed by atoms with Crippen molar-refractivity contribution in [1.29, 1.82) is 5.41 Å². The van der Waals surface area contributed by atoms with E-state index in [4.69, 9.17) is 10.1 Å². The molecule has 0 bridgehead atoms. The number of benzene rings is 1. The highest BCUT2D eigenvalue weighted by molar-refractivity contribution is 5.88. The van der Waals surface area contributed by atoms with E-state index in [0.29, 0.717) is 12.5 Å². The van der Waals surface area contributed by atoms with E-state index >= 15 is 0 Å². The van der Waals surface area contributed by atoms with Crippen LogP contribution in [-0.2, 0) is 10.2 Å². The second kappa shape index (κ2) is 4.88. The summed E-state index contributed by atoms with van der Waals surface area (Å²) >= 11 is 0. The first-order chi connectivity index (χ1) is 7.19. The predicted molar refractivity (Wildman–Crippen MR) is 68.7 cm³/mol. The lowest BCUT2D eigenvalue weighted by molar-refractivity contribution is 0.305. The van der Waals surface area contributed by atoms with Crippen LogP contribution in [0.15, 0.2) is 24.3 Å². The Morgan fingerprint density at radius 2 is 1.88 bits per heavy atom. The van der Waals surface area contributed by atoms with E-state index in [2.05, 4.69) is 31.2 Å². The van der Waals surface area contributed by atoms with Gasteiger partial charge in [-0.2, -0.15) is 0 Å². The summed E-state index contributed by atoms with van der Waals surface area (Å²) in [7, 11) is 0. The molecule has 0 saturated heterocycles. The third-order valence-corrected chi connectivity index (χ3v) is 3.08. The quantitative estimate of drug-likeness (QED) is 0.636. The SMILES string of the molecule is CCOC(=N)C1(c2ccc(C)cc2)CC1.Cl. The standard InChI is InChI=1S/C13H17NO.ClH/c1-3-15-12(14)13(8-9-13)11-6-4-10(2)5-7-11;/h4-7,14H,3,8-9H2,1-2H3;1H. The number of aryl methyl sites for hydroxylation is 1. The van der Waals surface area contributed by atoms with Crippen molar-refractivity contribution in [3.8, 4) is 0 Å². The Morgan fingerprint density at radius 3 is 2.31 bits per heavy atom. The minimum Gasteiger partial charge on any atom is -0.481 e. The van der Waals surface area contributed by atoms with Crippen LogP contribution in [0.4, 0.5) is 0 Å². The molecule has 88 valence electrons. The molecular weight excluding hydrogens is 222 g/mol. The van der Waals surface area contributed by atoms with Crippen LogP contribution in [0.5, 0.6) is 0 Å². The van der Waals surface area contributed by atoms with Crippen LogP contribution >= 0.6 is 12.4 Å². The number of halogens is 1. The van der Waals surface area contributed by atoms with Gasteiger partial charge in [-0.25, -0.2) is 0 Å². The van der Waals surface area contributed by atoms with Crippen LogP contribution in [0.1, 0.15) is 30.9 Å². The summed E-state index contributed by atoms with van der Waals surface area (Å²) in [5.41, 5.74) is 2.40. The molecule has 2 nitrogen and oxygen atoms in total. The maximum absolute atomic E-state index is 7.92. The molecule has 0 unspecified atom stereocenters. The summed E-state index contributed by atoms with van der Waals surface area (Å²) in [4.78, 5) is 0. The minimum atomic E-state index is -0.0935. The Labute approximate surface area is 103 Å². The number of nitrogens with one attached hydrogen (secondary N) is 1. The predicted octanol–water partition coefficient (Wildman–Crippen LogP) is 3.46. The zero-order chi connectivity index (χ0) is 10.9. The van der Waals surface area contributed by atoms with Gasteiger partial charge in [-0.05, 0) is 32.3 Å². The third kappa shape index (κ3) is 2.22. The second-order valence-electron chi connectivity index (χ2n) is 4.21. The molecule has 0 heterocycles. The molecule has 1 saturated carbocycles. The Balaban J connectivity index is 0.00000128. The molecule has 2 rings (SSSR count). The van der Waals surface area contributed by atoms with Gasteiger partial charge in [0, 0.05) is 0 Å². The Kier molecular flexibility index (Phi) is 3.98. The van der Waals surface area contributed by atoms with E-state index in [9.17, 15) is 0 Å². The topological polar surface area (TPSA) is 33.1 Å². The van der Waals surface area contributed by atoms with Crippen LogP contribution in [0.2, 0.25) is 0 Å². The molecule has 0 spiro atoms. The maximum Gasteiger partial charge on any atom is 0.191 e. The van der Waals surface area contributed by atoms with Crippen molar-refractivity contribution < 1.29 is 4.74 Å². The Bertz CT molecular complexity index is 368. The zero-order valence-electron chi connectivity index (χ0n) is 9.75. The highest BCUT2D eigenvalue weighted by Gasteiger charge is 2.49. The first kappa shape index (κ1) is 13.0. The number of hydrogen-bond donors (Lipinski definition) is 1. The molecule has 3 heteroatoms. The van der Waals surface area contributed by atoms with Crippen molar-refractivity contribution in [3.63, 3.8) is 0 Å². The van der Waals surface area contributed by atoms with Gasteiger partial charge in [0.2, 0.25) is 0 Å². The molecule has 1 aromatic rings. The van der Waals surface area contributed by atoms with Gasteiger partial charge in [0.15, 0.2) is 5.90 Å². The second-order valence-corrected chi connectivity index (χ2v) is 4.21. The van der Waals surface area contributed by atoms with Gasteiger partial charge in [0.25, 0.3) is 0 Å². The van der Waals surface area contributed by atoms with Crippen molar-refractivity contribution in [2.24, 2.45) is 0 Å². The average molecular weight is 240 g/mol. The molecule has 1 N–H and O–H groups in total. The summed E-state index contributed by atoms with van der Waals surface area (Å²) in [5, 5.41) is 7.92. The van der Waals surface area contributed by atoms with Crippen LogP contribution in [0.3, 0.4) is 0 Å². The molecule has 0 amide bonds. The average Bonchev–Trinajstić information content (AvgIpc) is 3.00. The van der Waals surface area contributed by atoms with Crippen molar-refractivity contribution in [1.82, 2.24) is 0 Å². The largest absolute Gasteiger partial charge is 0.481 e. The van der Waals surface area contributed by atoms with E-state index in [1.54, 1.807) is 0 Å². The van der Waals surface area contributed by atoms with Crippen molar-refractivity contribution in [2.75, 3.05) is 6.61 Å². The lowest BCUT2D eigenvalue weighted by Crippen LogP contribution is -2.22. The lowest BCUT2D eigenvalue weighted by atomic mass is 9.95. The van der Waals surface area contributed by atoms with Crippen molar-refractivity contribution in [3.05, 3.63) is 35.4 Å². The zero-order valence-corrected chi connectivity index (χ0v) is 10.6. The Hall–Kier alpha value is -1.02. The summed E-state index contributed by atoms with van der Waals surface area (Å²) < 4.78 is 5.34. The van der Waals surface area contributed by atoms with Gasteiger partial charge in [-0.3, -0.25) is 5.41 Å². The van der Waals surface area contributed by atoms with Crippen molar-refractivity contribution in [2.45, 2.75) is 32.1 Å². The summed E-state index contributed by atoms with van der Waals surface area (Å²) in [6.07, 6.45) is 2.10. The highest BCUT2D eigenvalue weighted by atomic mass is 35.5. The molecule has 1 aliphatic carbocycles. The van der Waals surface area contributed by atoms with E-state index in [-0.39, 0.29) is 17.8 Å². The van der Waals surface area contributed by atoms with E-state index in [1.807, 2.05) is 6.92 Å². The number of rotatable bonds is 3. The summed E-state index contributed by atoms with van der Waals surface area (Å²) in [5.74, 6) is 0.439. The smallest absolute Gasteiger partial charge is 0.191 e. The van der Waals surface area contributed by atoms with E-state index in [0.717, 1.165) is 12.8 Å². The molecule has 0 atom stereocenters. The monoisotopic (exact) mass is 239 g/mol. The minimum absolute atomic E-state index is 0. The molecule has 0 aliphatic heterocycles. The molecule has 0 radical (unpaired) electrons. The lowest BCUT2D eigenvalue weighted by Gasteiger charge is -2.17. The highest BCUT2D eigenvalue weighted by Crippen LogP contribution is 2.49. The third-order valence-electron chi connectivity index (χ3n) is 3.08. The molecular formula is C13H18ClNO. The molecule has 16 heavy (non-hydrogen) atoms. The fourth-order valence-electron chi connectivity index (χ4n) is 1.93. The van der Waals surface area contributed by atoms with Gasteiger partial charge in [-0.15, -0.1) is 12.4 Å². The fraction of sp³-hybridized carbons (Fsp3) is 0.462. The van der Waals surface area contributed by atoms with Crippen LogP contribution in [0, 0.1) is 12.3 Å². The van der Waals surface area contributed by atoms with Gasteiger partial charge >= 0.3 is 0 Å². The van der Waals surface area contributed by atoms with Gasteiger partial charge in [0.05, 0.1) is 12.0 Å². The van der Waals surface area contributed by atoms with Gasteiger partial charge < -0.3 is 4.74 Å². The fourth-order valence-corrected chi connectivity index (χ4v) is 1.93. The van der Waals surface area contributed by atoms with Crippen LogP contribution in [0.25, 0.3) is 0 Å². The normalized spacial score (nSPS) is 16.1. The summed E-state index contributed by atoms with van der Waals surface area (Å²) in [6.45, 7) is 4.60. The number of ether oxygens (including phenoxy) is 1. The van der Waals surface area contributed by atoms with Crippen LogP contribution < -0.4 is 0 Å². The van der Waals surface area contributed by atoms with Crippen LogP contribution in [-0.4, -0.2) is 12.5 Å². The maximum atomic E-state index is 7.92. The van der Waals surface area contributed by atoms with Gasteiger partial charge in [-0.1, -0.05) is 29.8 Å². The van der Waals surface area contributed by atoms with Crippen molar-refractivity contribution >= 4 is 18.3 Å².